The average molecular weight is 419 g/mol. The van der Waals surface area contributed by atoms with E-state index in [9.17, 15) is 8.78 Å². The van der Waals surface area contributed by atoms with Crippen molar-refractivity contribution in [2.45, 2.75) is 77.7 Å². The fraction of sp³-hybridized carbons (Fsp3) is 0.692. The molecule has 168 valence electrons. The number of nitrogens with zero attached hydrogens (tertiary/aromatic N) is 2. The second-order valence-electron chi connectivity index (χ2n) is 9.95. The minimum absolute atomic E-state index is 0.126. The molecular weight excluding hydrogens is 378 g/mol. The molecule has 1 aromatic carbocycles. The van der Waals surface area contributed by atoms with Crippen molar-refractivity contribution in [3.8, 4) is 0 Å². The van der Waals surface area contributed by atoms with Gasteiger partial charge in [0.1, 0.15) is 11.6 Å². The van der Waals surface area contributed by atoms with Crippen molar-refractivity contribution in [1.82, 2.24) is 9.80 Å². The van der Waals surface area contributed by atoms with Crippen LogP contribution in [0.4, 0.5) is 8.78 Å². The first-order chi connectivity index (χ1) is 14.3. The second kappa shape index (κ2) is 10.7. The molecule has 3 atom stereocenters. The molecule has 1 heterocycles. The smallest absolute Gasteiger partial charge is 0.129 e. The summed E-state index contributed by atoms with van der Waals surface area (Å²) in [4.78, 5) is 5.16. The Balaban J connectivity index is 1.33. The van der Waals surface area contributed by atoms with Crippen molar-refractivity contribution in [3.05, 3.63) is 47.7 Å². The zero-order valence-corrected chi connectivity index (χ0v) is 19.2. The van der Waals surface area contributed by atoms with Crippen LogP contribution in [0, 0.1) is 23.5 Å². The summed E-state index contributed by atoms with van der Waals surface area (Å²) in [5, 5.41) is 0. The molecule has 0 aromatic heterocycles. The van der Waals surface area contributed by atoms with Gasteiger partial charge in [-0.25, -0.2) is 8.78 Å². The summed E-state index contributed by atoms with van der Waals surface area (Å²) in [6.07, 6.45) is 8.23. The molecule has 4 heteroatoms. The number of hydrogen-bond acceptors (Lipinski definition) is 2. The van der Waals surface area contributed by atoms with Crippen molar-refractivity contribution in [3.63, 3.8) is 0 Å². The van der Waals surface area contributed by atoms with Crippen LogP contribution in [-0.2, 0) is 0 Å². The maximum Gasteiger partial charge on any atom is 0.129 e. The molecule has 0 spiro atoms. The van der Waals surface area contributed by atoms with Crippen LogP contribution < -0.4 is 0 Å². The largest absolute Gasteiger partial charge is 0.370 e. The van der Waals surface area contributed by atoms with Crippen LogP contribution in [0.5, 0.6) is 0 Å². The highest BCUT2D eigenvalue weighted by atomic mass is 19.1. The van der Waals surface area contributed by atoms with Crippen molar-refractivity contribution in [2.24, 2.45) is 11.8 Å². The lowest BCUT2D eigenvalue weighted by Gasteiger charge is -2.42. The monoisotopic (exact) mass is 418 g/mol. The topological polar surface area (TPSA) is 6.48 Å². The van der Waals surface area contributed by atoms with Gasteiger partial charge in [-0.2, -0.15) is 0 Å². The minimum Gasteiger partial charge on any atom is -0.370 e. The Morgan fingerprint density at radius 1 is 1.13 bits per heavy atom. The molecule has 3 rings (SSSR count). The number of allylic oxidation sites excluding steroid dienone is 1. The Bertz CT molecular complexity index is 700. The molecule has 1 saturated heterocycles. The summed E-state index contributed by atoms with van der Waals surface area (Å²) < 4.78 is 27.0. The van der Waals surface area contributed by atoms with Crippen LogP contribution >= 0.6 is 0 Å². The highest BCUT2D eigenvalue weighted by molar-refractivity contribution is 5.22. The van der Waals surface area contributed by atoms with Gasteiger partial charge in [-0.1, -0.05) is 39.3 Å². The molecule has 2 fully saturated rings. The summed E-state index contributed by atoms with van der Waals surface area (Å²) in [7, 11) is 0. The van der Waals surface area contributed by atoms with E-state index in [2.05, 4.69) is 30.2 Å². The molecule has 0 bridgehead atoms. The molecule has 1 unspecified atom stereocenters. The minimum atomic E-state index is -0.504. The normalized spacial score (nSPS) is 22.2. The van der Waals surface area contributed by atoms with Crippen LogP contribution in [0.1, 0.15) is 77.2 Å². The second-order valence-corrected chi connectivity index (χ2v) is 9.95. The Kier molecular flexibility index (Phi) is 8.33. The number of halogens is 2. The van der Waals surface area contributed by atoms with Crippen LogP contribution in [0.25, 0.3) is 0 Å². The SMILES string of the molecule is C=C(CC[C@H](C)CCC[C@H](C)c1ccc(F)cc1F)N1CCN(CC2CC2)CC1C. The highest BCUT2D eigenvalue weighted by Crippen LogP contribution is 2.31. The van der Waals surface area contributed by atoms with Gasteiger partial charge in [0, 0.05) is 44.0 Å². The van der Waals surface area contributed by atoms with Gasteiger partial charge < -0.3 is 4.90 Å². The zero-order valence-electron chi connectivity index (χ0n) is 19.2. The van der Waals surface area contributed by atoms with Gasteiger partial charge in [0.05, 0.1) is 0 Å². The van der Waals surface area contributed by atoms with Gasteiger partial charge in [-0.15, -0.1) is 0 Å². The Hall–Kier alpha value is -1.42. The third kappa shape index (κ3) is 6.80. The van der Waals surface area contributed by atoms with E-state index in [1.807, 2.05) is 6.92 Å². The third-order valence-electron chi connectivity index (χ3n) is 7.08. The lowest BCUT2D eigenvalue weighted by atomic mass is 9.91. The summed E-state index contributed by atoms with van der Waals surface area (Å²) in [6, 6.07) is 4.50. The van der Waals surface area contributed by atoms with E-state index in [4.69, 9.17) is 0 Å². The lowest BCUT2D eigenvalue weighted by molar-refractivity contribution is 0.104. The predicted molar refractivity (Wildman–Crippen MR) is 121 cm³/mol. The van der Waals surface area contributed by atoms with Gasteiger partial charge >= 0.3 is 0 Å². The first kappa shape index (κ1) is 23.2. The van der Waals surface area contributed by atoms with E-state index < -0.39 is 11.6 Å². The number of hydrogen-bond donors (Lipinski definition) is 0. The van der Waals surface area contributed by atoms with Gasteiger partial charge in [0.25, 0.3) is 0 Å². The molecule has 1 saturated carbocycles. The van der Waals surface area contributed by atoms with Crippen LogP contribution in [0.2, 0.25) is 0 Å². The maximum absolute atomic E-state index is 13.9. The fourth-order valence-corrected chi connectivity index (χ4v) is 4.86. The van der Waals surface area contributed by atoms with Crippen LogP contribution in [0.3, 0.4) is 0 Å². The Labute approximate surface area is 182 Å². The van der Waals surface area contributed by atoms with Crippen molar-refractivity contribution >= 4 is 0 Å². The summed E-state index contributed by atoms with van der Waals surface area (Å²) >= 11 is 0. The average Bonchev–Trinajstić information content (AvgIpc) is 3.50. The van der Waals surface area contributed by atoms with Gasteiger partial charge in [-0.3, -0.25) is 4.90 Å². The first-order valence-corrected chi connectivity index (χ1v) is 11.9. The number of benzene rings is 1. The quantitative estimate of drug-likeness (QED) is 0.400. The van der Waals surface area contributed by atoms with E-state index in [1.54, 1.807) is 6.07 Å². The van der Waals surface area contributed by atoms with Gasteiger partial charge in [0.15, 0.2) is 0 Å². The molecular formula is C26H40F2N2. The van der Waals surface area contributed by atoms with Gasteiger partial charge in [-0.05, 0) is 68.4 Å². The van der Waals surface area contributed by atoms with Crippen LogP contribution in [-0.4, -0.2) is 42.0 Å². The van der Waals surface area contributed by atoms with E-state index in [0.717, 1.165) is 50.6 Å². The maximum atomic E-state index is 13.9. The third-order valence-corrected chi connectivity index (χ3v) is 7.08. The summed E-state index contributed by atoms with van der Waals surface area (Å²) in [5.74, 6) is 0.809. The first-order valence-electron chi connectivity index (χ1n) is 11.9. The molecule has 2 aliphatic rings. The van der Waals surface area contributed by atoms with Gasteiger partial charge in [0.2, 0.25) is 0 Å². The van der Waals surface area contributed by atoms with E-state index in [1.165, 1.54) is 44.2 Å². The number of rotatable bonds is 11. The molecule has 0 N–H and O–H groups in total. The highest BCUT2D eigenvalue weighted by Gasteiger charge is 2.29. The summed E-state index contributed by atoms with van der Waals surface area (Å²) in [5.41, 5.74) is 1.93. The lowest BCUT2D eigenvalue weighted by Crippen LogP contribution is -2.51. The van der Waals surface area contributed by atoms with Crippen molar-refractivity contribution in [2.75, 3.05) is 26.2 Å². The fourth-order valence-electron chi connectivity index (χ4n) is 4.86. The van der Waals surface area contributed by atoms with Crippen LogP contribution in [0.15, 0.2) is 30.5 Å². The molecule has 1 aliphatic heterocycles. The van der Waals surface area contributed by atoms with E-state index in [-0.39, 0.29) is 5.92 Å². The van der Waals surface area contributed by atoms with E-state index >= 15 is 0 Å². The summed E-state index contributed by atoms with van der Waals surface area (Å²) in [6.45, 7) is 15.8. The molecule has 0 radical (unpaired) electrons. The number of piperazine rings is 1. The Morgan fingerprint density at radius 2 is 1.90 bits per heavy atom. The van der Waals surface area contributed by atoms with E-state index in [0.29, 0.717) is 17.5 Å². The molecule has 1 aromatic rings. The molecule has 0 amide bonds. The van der Waals surface area contributed by atoms with Crippen molar-refractivity contribution in [1.29, 1.82) is 0 Å². The standard InChI is InChI=1S/C26H40F2N2/c1-19(6-5-7-20(2)25-13-12-24(27)16-26(25)28)8-9-21(3)30-15-14-29(17-22(30)4)18-23-10-11-23/h12-13,16,19-20,22-23H,3,5-11,14-15,17-18H2,1-2,4H3/t19-,20+,22?/m1/s1. The predicted octanol–water partition coefficient (Wildman–Crippen LogP) is 6.58. The molecule has 2 nitrogen and oxygen atoms in total. The molecule has 30 heavy (non-hydrogen) atoms. The Morgan fingerprint density at radius 3 is 2.57 bits per heavy atom. The van der Waals surface area contributed by atoms with Crippen molar-refractivity contribution < 1.29 is 8.78 Å². The zero-order chi connectivity index (χ0) is 21.7. The molecule has 1 aliphatic carbocycles.